The molecule has 0 heteroatoms. The second kappa shape index (κ2) is 13.8. The van der Waals surface area contributed by atoms with Crippen LogP contribution in [0, 0.1) is 0 Å². The number of rotatable bonds is 3. The molecular formula is C69H54. The monoisotopic (exact) mass is 882 g/mol. The summed E-state index contributed by atoms with van der Waals surface area (Å²) >= 11 is 0. The maximum atomic E-state index is 2.56. The van der Waals surface area contributed by atoms with Crippen LogP contribution in [0.25, 0.3) is 131 Å². The van der Waals surface area contributed by atoms with Gasteiger partial charge in [-0.3, -0.25) is 0 Å². The highest BCUT2D eigenvalue weighted by Gasteiger charge is 2.40. The van der Waals surface area contributed by atoms with Gasteiger partial charge in [0.05, 0.1) is 0 Å². The van der Waals surface area contributed by atoms with E-state index in [2.05, 4.69) is 237 Å². The maximum Gasteiger partial charge on any atom is 0.0159 e. The van der Waals surface area contributed by atoms with Crippen LogP contribution < -0.4 is 0 Å². The molecule has 0 unspecified atom stereocenters. The molecule has 69 heavy (non-hydrogen) atoms. The quantitative estimate of drug-likeness (QED) is 0.155. The molecule has 0 amide bonds. The highest BCUT2D eigenvalue weighted by atomic mass is 14.4. The van der Waals surface area contributed by atoms with Gasteiger partial charge in [0.2, 0.25) is 0 Å². The van der Waals surface area contributed by atoms with Crippen LogP contribution in [-0.4, -0.2) is 0 Å². The number of benzene rings is 11. The van der Waals surface area contributed by atoms with Crippen LogP contribution in [0.15, 0.2) is 182 Å². The molecule has 0 atom stereocenters. The number of hydrogen-bond acceptors (Lipinski definition) is 0. The van der Waals surface area contributed by atoms with Crippen LogP contribution in [0.1, 0.15) is 77.6 Å². The topological polar surface area (TPSA) is 0 Å². The zero-order chi connectivity index (χ0) is 46.9. The van der Waals surface area contributed by atoms with Gasteiger partial charge in [0.15, 0.2) is 0 Å². The standard InChI is InChI=1S/C69H54/c1-67(2,3)42-30-31-49-56(36-42)69(7,8)57-37-43(68(4,5)6)35-52(61(49)57)48-32-33-51-64-54(34-41-24-15-16-25-44(41)62(48)64)66-59(40-22-13-10-14-23-40)63-50-29-19-28-47-45-26-17-18-27-46(45)53(60(47)50)38-55(63)58(65(51)66)39-20-11-9-12-21-39/h9-38H,1-8H3. The summed E-state index contributed by atoms with van der Waals surface area (Å²) in [5, 5.41) is 21.1. The van der Waals surface area contributed by atoms with E-state index >= 15 is 0 Å². The van der Waals surface area contributed by atoms with Crippen LogP contribution in [0.2, 0.25) is 0 Å². The fourth-order valence-electron chi connectivity index (χ4n) is 13.0. The molecule has 13 aromatic carbocycles. The van der Waals surface area contributed by atoms with Gasteiger partial charge in [0.25, 0.3) is 0 Å². The Kier molecular flexibility index (Phi) is 8.10. The summed E-state index contributed by atoms with van der Waals surface area (Å²) in [5.74, 6) is 0. The Hall–Kier alpha value is -7.54. The Labute approximate surface area is 404 Å². The van der Waals surface area contributed by atoms with Gasteiger partial charge >= 0.3 is 0 Å². The smallest absolute Gasteiger partial charge is 0.0159 e. The van der Waals surface area contributed by atoms with E-state index in [1.807, 2.05) is 0 Å². The minimum Gasteiger partial charge on any atom is -0.0622 e. The van der Waals surface area contributed by atoms with Crippen molar-refractivity contribution in [3.63, 3.8) is 0 Å². The molecule has 0 bridgehead atoms. The minimum absolute atomic E-state index is 0.0461. The second-order valence-corrected chi connectivity index (χ2v) is 22.7. The predicted molar refractivity (Wildman–Crippen MR) is 300 cm³/mol. The number of hydrogen-bond donors (Lipinski definition) is 0. The van der Waals surface area contributed by atoms with Crippen molar-refractivity contribution in [2.45, 2.75) is 71.6 Å². The van der Waals surface area contributed by atoms with Gasteiger partial charge in [-0.25, -0.2) is 0 Å². The molecule has 0 saturated carbocycles. The molecular weight excluding hydrogens is 829 g/mol. The van der Waals surface area contributed by atoms with Gasteiger partial charge < -0.3 is 0 Å². The van der Waals surface area contributed by atoms with Crippen molar-refractivity contribution < 1.29 is 0 Å². The molecule has 1 aliphatic carbocycles. The summed E-state index contributed by atoms with van der Waals surface area (Å²) in [7, 11) is 0. The zero-order valence-electron chi connectivity index (χ0n) is 40.8. The average Bonchev–Trinajstić information content (AvgIpc) is 3.94. The van der Waals surface area contributed by atoms with Gasteiger partial charge in [-0.1, -0.05) is 219 Å². The van der Waals surface area contributed by atoms with E-state index in [1.165, 1.54) is 153 Å². The van der Waals surface area contributed by atoms with Crippen LogP contribution >= 0.6 is 0 Å². The van der Waals surface area contributed by atoms with E-state index in [9.17, 15) is 0 Å². The summed E-state index contributed by atoms with van der Waals surface area (Å²) < 4.78 is 0. The van der Waals surface area contributed by atoms with E-state index in [1.54, 1.807) is 0 Å². The first-order chi connectivity index (χ1) is 33.3. The van der Waals surface area contributed by atoms with Gasteiger partial charge in [-0.15, -0.1) is 0 Å². The van der Waals surface area contributed by atoms with Crippen molar-refractivity contribution in [1.29, 1.82) is 0 Å². The summed E-state index contributed by atoms with van der Waals surface area (Å²) in [6.45, 7) is 19.1. The SMILES string of the molecule is CC(C)(C)c1ccc2c(c1)C(C)(C)c1cc(C(C)(C)C)cc(-c3ccc4c5c(-c6ccccc6)c6cc7c8ccccc8c8cccc(c6c(-c6ccccc6)c5c5cc6ccccc6c3c45)c87)c1-2. The zero-order valence-corrected chi connectivity index (χ0v) is 40.8. The summed E-state index contributed by atoms with van der Waals surface area (Å²) in [5.41, 5.74) is 15.9. The molecule has 0 radical (unpaired) electrons. The highest BCUT2D eigenvalue weighted by Crippen LogP contribution is 2.59. The van der Waals surface area contributed by atoms with E-state index in [-0.39, 0.29) is 16.2 Å². The lowest BCUT2D eigenvalue weighted by Crippen LogP contribution is -2.19. The van der Waals surface area contributed by atoms with Crippen molar-refractivity contribution >= 4 is 86.2 Å². The normalized spacial score (nSPS) is 13.9. The highest BCUT2D eigenvalue weighted by molar-refractivity contribution is 6.46. The molecule has 0 fully saturated rings. The predicted octanol–water partition coefficient (Wildman–Crippen LogP) is 19.7. The fourth-order valence-corrected chi connectivity index (χ4v) is 13.0. The summed E-state index contributed by atoms with van der Waals surface area (Å²) in [6, 6.07) is 70.3. The van der Waals surface area contributed by atoms with Gasteiger partial charge in [0, 0.05) is 5.41 Å². The Morgan fingerprint density at radius 3 is 1.57 bits per heavy atom. The van der Waals surface area contributed by atoms with E-state index in [0.717, 1.165) is 0 Å². The van der Waals surface area contributed by atoms with Crippen molar-refractivity contribution in [3.05, 3.63) is 204 Å². The Balaban J connectivity index is 1.23. The summed E-state index contributed by atoms with van der Waals surface area (Å²) in [4.78, 5) is 0. The first kappa shape index (κ1) is 40.5. The first-order valence-corrected chi connectivity index (χ1v) is 24.9. The largest absolute Gasteiger partial charge is 0.0622 e. The number of fused-ring (bicyclic) bond motifs is 13. The van der Waals surface area contributed by atoms with Crippen molar-refractivity contribution in [1.82, 2.24) is 0 Å². The van der Waals surface area contributed by atoms with E-state index in [4.69, 9.17) is 0 Å². The molecule has 330 valence electrons. The lowest BCUT2D eigenvalue weighted by atomic mass is 9.76. The molecule has 14 rings (SSSR count). The summed E-state index contributed by atoms with van der Waals surface area (Å²) in [6.07, 6.45) is 0. The van der Waals surface area contributed by atoms with Gasteiger partial charge in [0.1, 0.15) is 0 Å². The van der Waals surface area contributed by atoms with E-state index < -0.39 is 0 Å². The molecule has 0 nitrogen and oxygen atoms in total. The molecule has 0 N–H and O–H groups in total. The van der Waals surface area contributed by atoms with Crippen molar-refractivity contribution in [2.75, 3.05) is 0 Å². The molecule has 0 heterocycles. The first-order valence-electron chi connectivity index (χ1n) is 24.9. The average molecular weight is 883 g/mol. The van der Waals surface area contributed by atoms with Gasteiger partial charge in [-0.05, 0) is 182 Å². The molecule has 1 aliphatic rings. The molecule has 0 aromatic heterocycles. The Morgan fingerprint density at radius 2 is 0.855 bits per heavy atom. The van der Waals surface area contributed by atoms with E-state index in [0.29, 0.717) is 0 Å². The minimum atomic E-state index is -0.172. The van der Waals surface area contributed by atoms with Crippen LogP contribution in [-0.2, 0) is 16.2 Å². The lowest BCUT2D eigenvalue weighted by Gasteiger charge is -2.27. The molecule has 0 spiro atoms. The second-order valence-electron chi connectivity index (χ2n) is 22.7. The van der Waals surface area contributed by atoms with Crippen LogP contribution in [0.4, 0.5) is 0 Å². The van der Waals surface area contributed by atoms with Crippen LogP contribution in [0.3, 0.4) is 0 Å². The van der Waals surface area contributed by atoms with Crippen molar-refractivity contribution in [3.8, 4) is 44.5 Å². The third-order valence-corrected chi connectivity index (χ3v) is 16.4. The van der Waals surface area contributed by atoms with Gasteiger partial charge in [-0.2, -0.15) is 0 Å². The maximum absolute atomic E-state index is 2.56. The third kappa shape index (κ3) is 5.46. The molecule has 0 saturated heterocycles. The van der Waals surface area contributed by atoms with Crippen molar-refractivity contribution in [2.24, 2.45) is 0 Å². The Morgan fingerprint density at radius 1 is 0.290 bits per heavy atom. The Bertz CT molecular complexity index is 4300. The third-order valence-electron chi connectivity index (χ3n) is 16.4. The lowest BCUT2D eigenvalue weighted by molar-refractivity contribution is 0.580. The fraction of sp³-hybridized carbons (Fsp3) is 0.159. The molecule has 13 aromatic rings. The van der Waals surface area contributed by atoms with Crippen LogP contribution in [0.5, 0.6) is 0 Å². The molecule has 0 aliphatic heterocycles.